The summed E-state index contributed by atoms with van der Waals surface area (Å²) >= 11 is 0. The van der Waals surface area contributed by atoms with Gasteiger partial charge in [-0.1, -0.05) is 6.42 Å². The van der Waals surface area contributed by atoms with E-state index >= 15 is 0 Å². The maximum absolute atomic E-state index is 10.8. The molecule has 0 spiro atoms. The van der Waals surface area contributed by atoms with Gasteiger partial charge in [-0.25, -0.2) is 4.79 Å². The van der Waals surface area contributed by atoms with Gasteiger partial charge in [0.1, 0.15) is 0 Å². The third kappa shape index (κ3) is 2.61. The van der Waals surface area contributed by atoms with E-state index in [4.69, 9.17) is 9.52 Å². The zero-order valence-corrected chi connectivity index (χ0v) is 11.0. The summed E-state index contributed by atoms with van der Waals surface area (Å²) in [6.45, 7) is 4.31. The summed E-state index contributed by atoms with van der Waals surface area (Å²) in [6, 6.07) is 3.90. The van der Waals surface area contributed by atoms with E-state index in [-0.39, 0.29) is 5.76 Å². The lowest BCUT2D eigenvalue weighted by Gasteiger charge is -2.32. The van der Waals surface area contributed by atoms with E-state index in [2.05, 4.69) is 9.80 Å². The number of likely N-dealkylation sites (tertiary alicyclic amines) is 1. The Hall–Kier alpha value is -1.49. The van der Waals surface area contributed by atoms with E-state index in [1.165, 1.54) is 38.4 Å². The van der Waals surface area contributed by atoms with Crippen molar-refractivity contribution >= 4 is 11.9 Å². The number of hydrogen-bond donors (Lipinski definition) is 1. The number of carboxylic acids is 1. The van der Waals surface area contributed by atoms with Crippen molar-refractivity contribution in [2.75, 3.05) is 31.1 Å². The molecule has 2 aliphatic heterocycles. The maximum atomic E-state index is 10.8. The Morgan fingerprint density at radius 1 is 1.21 bits per heavy atom. The molecule has 19 heavy (non-hydrogen) atoms. The molecule has 1 aromatic heterocycles. The predicted molar refractivity (Wildman–Crippen MR) is 71.7 cm³/mol. The Morgan fingerprint density at radius 2 is 2.00 bits per heavy atom. The van der Waals surface area contributed by atoms with E-state index in [0.29, 0.717) is 11.9 Å². The summed E-state index contributed by atoms with van der Waals surface area (Å²) in [5.41, 5.74) is 0. The van der Waals surface area contributed by atoms with E-state index in [9.17, 15) is 4.79 Å². The highest BCUT2D eigenvalue weighted by Gasteiger charge is 2.30. The van der Waals surface area contributed by atoms with Gasteiger partial charge in [-0.05, 0) is 38.4 Å². The van der Waals surface area contributed by atoms with Crippen LogP contribution in [0.4, 0.5) is 5.88 Å². The van der Waals surface area contributed by atoms with Crippen molar-refractivity contribution in [2.24, 2.45) is 0 Å². The van der Waals surface area contributed by atoms with Crippen molar-refractivity contribution in [2.45, 2.75) is 31.7 Å². The van der Waals surface area contributed by atoms with Gasteiger partial charge in [0.05, 0.1) is 0 Å². The molecule has 5 nitrogen and oxygen atoms in total. The van der Waals surface area contributed by atoms with E-state index in [1.807, 2.05) is 0 Å². The van der Waals surface area contributed by atoms with Gasteiger partial charge in [-0.2, -0.15) is 0 Å². The molecule has 2 aliphatic rings. The van der Waals surface area contributed by atoms with Crippen LogP contribution in [0.25, 0.3) is 0 Å². The van der Waals surface area contributed by atoms with E-state index in [1.54, 1.807) is 6.07 Å². The minimum absolute atomic E-state index is 0.0245. The molecule has 3 rings (SSSR count). The fraction of sp³-hybridized carbons (Fsp3) is 0.643. The Labute approximate surface area is 112 Å². The first-order chi connectivity index (χ1) is 9.24. The zero-order chi connectivity index (χ0) is 13.2. The van der Waals surface area contributed by atoms with Crippen LogP contribution in [0.1, 0.15) is 36.2 Å². The van der Waals surface area contributed by atoms with Crippen molar-refractivity contribution in [1.29, 1.82) is 0 Å². The van der Waals surface area contributed by atoms with Crippen LogP contribution < -0.4 is 4.90 Å². The monoisotopic (exact) mass is 264 g/mol. The third-order valence-corrected chi connectivity index (χ3v) is 4.18. The summed E-state index contributed by atoms with van der Waals surface area (Å²) in [5.74, 6) is -0.286. The Kier molecular flexibility index (Phi) is 3.46. The number of hydrogen-bond acceptors (Lipinski definition) is 4. The maximum Gasteiger partial charge on any atom is 0.371 e. The van der Waals surface area contributed by atoms with Crippen molar-refractivity contribution in [3.63, 3.8) is 0 Å². The zero-order valence-electron chi connectivity index (χ0n) is 11.0. The summed E-state index contributed by atoms with van der Waals surface area (Å²) in [7, 11) is 0. The van der Waals surface area contributed by atoms with Gasteiger partial charge in [0.25, 0.3) is 0 Å². The summed E-state index contributed by atoms with van der Waals surface area (Å²) in [5, 5.41) is 8.88. The lowest BCUT2D eigenvalue weighted by Crippen LogP contribution is -2.40. The molecular weight excluding hydrogens is 244 g/mol. The quantitative estimate of drug-likeness (QED) is 0.905. The lowest BCUT2D eigenvalue weighted by atomic mass is 10.1. The molecule has 104 valence electrons. The van der Waals surface area contributed by atoms with E-state index < -0.39 is 5.97 Å². The summed E-state index contributed by atoms with van der Waals surface area (Å²) in [6.07, 6.45) is 5.11. The predicted octanol–water partition coefficient (Wildman–Crippen LogP) is 2.04. The third-order valence-electron chi connectivity index (χ3n) is 4.18. The topological polar surface area (TPSA) is 56.9 Å². The average molecular weight is 264 g/mol. The molecule has 0 aromatic carbocycles. The number of rotatable bonds is 3. The van der Waals surface area contributed by atoms with Crippen LogP contribution in [0.3, 0.4) is 0 Å². The number of furan rings is 1. The summed E-state index contributed by atoms with van der Waals surface area (Å²) in [4.78, 5) is 15.6. The molecule has 0 amide bonds. The van der Waals surface area contributed by atoms with Crippen LogP contribution in [0, 0.1) is 0 Å². The molecule has 5 heteroatoms. The molecule has 3 heterocycles. The number of carboxylic acid groups (broad SMARTS) is 1. The fourth-order valence-corrected chi connectivity index (χ4v) is 3.14. The molecule has 0 radical (unpaired) electrons. The van der Waals surface area contributed by atoms with Gasteiger partial charge in [0, 0.05) is 25.2 Å². The SMILES string of the molecule is O=C(O)c1ccc(N2CCC(N3CCCCC3)C2)o1. The average Bonchev–Trinajstić information content (AvgIpc) is 3.09. The highest BCUT2D eigenvalue weighted by atomic mass is 16.4. The first kappa shape index (κ1) is 12.5. The number of aromatic carboxylic acids is 1. The molecular formula is C14H20N2O3. The highest BCUT2D eigenvalue weighted by Crippen LogP contribution is 2.26. The van der Waals surface area contributed by atoms with Crippen molar-refractivity contribution in [3.8, 4) is 0 Å². The van der Waals surface area contributed by atoms with Crippen LogP contribution >= 0.6 is 0 Å². The van der Waals surface area contributed by atoms with Crippen LogP contribution in [0.15, 0.2) is 16.5 Å². The number of carbonyl (C=O) groups is 1. The largest absolute Gasteiger partial charge is 0.475 e. The Balaban J connectivity index is 1.62. The van der Waals surface area contributed by atoms with Crippen molar-refractivity contribution in [3.05, 3.63) is 17.9 Å². The van der Waals surface area contributed by atoms with Gasteiger partial charge in [0.2, 0.25) is 5.76 Å². The standard InChI is InChI=1S/C14H20N2O3/c17-14(18)12-4-5-13(19-12)16-9-6-11(10-16)15-7-2-1-3-8-15/h4-5,11H,1-3,6-10H2,(H,17,18). The molecule has 0 bridgehead atoms. The van der Waals surface area contributed by atoms with Gasteiger partial charge >= 0.3 is 5.97 Å². The van der Waals surface area contributed by atoms with Crippen LogP contribution in [0.2, 0.25) is 0 Å². The first-order valence-corrected chi connectivity index (χ1v) is 7.06. The second-order valence-electron chi connectivity index (χ2n) is 5.43. The molecule has 1 aromatic rings. The van der Waals surface area contributed by atoms with Gasteiger partial charge < -0.3 is 14.4 Å². The van der Waals surface area contributed by atoms with Gasteiger partial charge in [-0.3, -0.25) is 4.90 Å². The summed E-state index contributed by atoms with van der Waals surface area (Å²) < 4.78 is 5.37. The molecule has 1 unspecified atom stereocenters. The van der Waals surface area contributed by atoms with Crippen LogP contribution in [-0.4, -0.2) is 48.2 Å². The van der Waals surface area contributed by atoms with Crippen molar-refractivity contribution < 1.29 is 14.3 Å². The highest BCUT2D eigenvalue weighted by molar-refractivity contribution is 5.84. The van der Waals surface area contributed by atoms with E-state index in [0.717, 1.165) is 19.5 Å². The molecule has 1 N–H and O–H groups in total. The Bertz CT molecular complexity index is 451. The molecule has 2 fully saturated rings. The van der Waals surface area contributed by atoms with Gasteiger partial charge in [0.15, 0.2) is 5.88 Å². The number of piperidine rings is 1. The fourth-order valence-electron chi connectivity index (χ4n) is 3.14. The number of nitrogens with zero attached hydrogens (tertiary/aromatic N) is 2. The molecule has 0 saturated carbocycles. The smallest absolute Gasteiger partial charge is 0.371 e. The van der Waals surface area contributed by atoms with Crippen LogP contribution in [0.5, 0.6) is 0 Å². The second kappa shape index (κ2) is 5.25. The van der Waals surface area contributed by atoms with Crippen LogP contribution in [-0.2, 0) is 0 Å². The second-order valence-corrected chi connectivity index (χ2v) is 5.43. The lowest BCUT2D eigenvalue weighted by molar-refractivity contribution is 0.0663. The Morgan fingerprint density at radius 3 is 2.68 bits per heavy atom. The van der Waals surface area contributed by atoms with Gasteiger partial charge in [-0.15, -0.1) is 0 Å². The first-order valence-electron chi connectivity index (χ1n) is 7.06. The minimum atomic E-state index is -1.00. The molecule has 2 saturated heterocycles. The van der Waals surface area contributed by atoms with Crippen molar-refractivity contribution in [1.82, 2.24) is 4.90 Å². The molecule has 1 atom stereocenters. The molecule has 0 aliphatic carbocycles. The minimum Gasteiger partial charge on any atom is -0.475 e. The number of anilines is 1. The normalized spacial score (nSPS) is 24.8.